The summed E-state index contributed by atoms with van der Waals surface area (Å²) in [5, 5.41) is 2.39. The second kappa shape index (κ2) is 10.2. The molecular weight excluding hydrogens is 494 g/mol. The Morgan fingerprint density at radius 3 is 2.08 bits per heavy atom. The van der Waals surface area contributed by atoms with Gasteiger partial charge in [-0.25, -0.2) is 15.0 Å². The Bertz CT molecular complexity index is 1320. The Morgan fingerprint density at radius 1 is 0.947 bits per heavy atom. The number of nitrogens with two attached hydrogens (primary N) is 1. The number of anilines is 1. The normalized spacial score (nSPS) is 18.1. The molecule has 8 nitrogen and oxygen atoms in total. The number of benzene rings is 2. The minimum Gasteiger partial charge on any atom is -0.403 e. The molecule has 2 aromatic carbocycles. The van der Waals surface area contributed by atoms with Gasteiger partial charge in [0.2, 0.25) is 0 Å². The maximum absolute atomic E-state index is 7.33. The van der Waals surface area contributed by atoms with E-state index in [1.54, 1.807) is 6.33 Å². The average molecular weight is 531 g/mol. The van der Waals surface area contributed by atoms with Crippen molar-refractivity contribution < 1.29 is 13.9 Å². The molecule has 1 aliphatic heterocycles. The third kappa shape index (κ3) is 5.37. The van der Waals surface area contributed by atoms with Crippen molar-refractivity contribution in [3.05, 3.63) is 73.3 Å². The van der Waals surface area contributed by atoms with E-state index in [-0.39, 0.29) is 11.5 Å². The summed E-state index contributed by atoms with van der Waals surface area (Å²) in [6.45, 7) is 12.0. The van der Waals surface area contributed by atoms with E-state index in [4.69, 9.17) is 19.6 Å². The molecular formula is C29H36N5O3Si. The molecule has 1 saturated heterocycles. The molecule has 0 saturated carbocycles. The van der Waals surface area contributed by atoms with E-state index >= 15 is 0 Å². The first kappa shape index (κ1) is 26.5. The number of nitrogens with zero attached hydrogens (tertiary/aromatic N) is 4. The molecule has 1 fully saturated rings. The first-order valence-corrected chi connectivity index (χ1v) is 14.3. The zero-order valence-electron chi connectivity index (χ0n) is 22.7. The third-order valence-electron chi connectivity index (χ3n) is 6.98. The van der Waals surface area contributed by atoms with E-state index in [2.05, 4.69) is 84.3 Å². The van der Waals surface area contributed by atoms with Crippen LogP contribution in [0.1, 0.15) is 34.6 Å². The number of hydrogen-bond donors (Lipinski definition) is 1. The van der Waals surface area contributed by atoms with Gasteiger partial charge in [0.1, 0.15) is 11.8 Å². The van der Waals surface area contributed by atoms with Crippen LogP contribution in [0, 0.1) is 10.8 Å². The molecule has 38 heavy (non-hydrogen) atoms. The van der Waals surface area contributed by atoms with Crippen molar-refractivity contribution in [3.8, 4) is 0 Å². The quantitative estimate of drug-likeness (QED) is 0.366. The molecule has 5 rings (SSSR count). The van der Waals surface area contributed by atoms with E-state index < -0.39 is 20.2 Å². The Morgan fingerprint density at radius 2 is 1.53 bits per heavy atom. The maximum atomic E-state index is 7.33. The van der Waals surface area contributed by atoms with Gasteiger partial charge in [-0.15, -0.1) is 0 Å². The molecule has 1 aliphatic rings. The number of aromatic nitrogens is 4. The SMILES string of the molecule is CC1(C)OCC(Cn2cnc3c(N)ncnc32)(C(O[Si](c2ccccc2)c2ccccc2)C(C)(C)C)CO1. The smallest absolute Gasteiger partial charge is 0.283 e. The molecule has 1 radical (unpaired) electrons. The van der Waals surface area contributed by atoms with Gasteiger partial charge < -0.3 is 24.2 Å². The van der Waals surface area contributed by atoms with Gasteiger partial charge in [-0.3, -0.25) is 0 Å². The first-order chi connectivity index (χ1) is 18.1. The first-order valence-electron chi connectivity index (χ1n) is 12.9. The van der Waals surface area contributed by atoms with E-state index in [1.165, 1.54) is 16.7 Å². The molecule has 199 valence electrons. The fourth-order valence-corrected chi connectivity index (χ4v) is 7.65. The van der Waals surface area contributed by atoms with Gasteiger partial charge in [-0.05, 0) is 29.6 Å². The largest absolute Gasteiger partial charge is 0.403 e. The Kier molecular flexibility index (Phi) is 7.12. The Hall–Kier alpha value is -3.11. The van der Waals surface area contributed by atoms with Crippen LogP contribution in [0.15, 0.2) is 73.3 Å². The van der Waals surface area contributed by atoms with Crippen LogP contribution < -0.4 is 16.1 Å². The van der Waals surface area contributed by atoms with Crippen LogP contribution in [0.3, 0.4) is 0 Å². The highest BCUT2D eigenvalue weighted by atomic mass is 28.3. The highest BCUT2D eigenvalue weighted by molar-refractivity contribution is 6.80. The van der Waals surface area contributed by atoms with Crippen LogP contribution in [-0.2, 0) is 20.4 Å². The number of hydrogen-bond acceptors (Lipinski definition) is 7. The summed E-state index contributed by atoms with van der Waals surface area (Å²) < 4.78 is 22.1. The van der Waals surface area contributed by atoms with Crippen LogP contribution in [0.5, 0.6) is 0 Å². The van der Waals surface area contributed by atoms with Crippen molar-refractivity contribution in [2.24, 2.45) is 10.8 Å². The molecule has 2 aromatic heterocycles. The Labute approximate surface area is 225 Å². The fourth-order valence-electron chi connectivity index (χ4n) is 5.22. The lowest BCUT2D eigenvalue weighted by molar-refractivity contribution is -0.306. The average Bonchev–Trinajstić information content (AvgIpc) is 3.30. The molecule has 3 heterocycles. The van der Waals surface area contributed by atoms with Gasteiger partial charge in [0, 0.05) is 6.54 Å². The molecule has 0 amide bonds. The van der Waals surface area contributed by atoms with Crippen molar-refractivity contribution in [1.82, 2.24) is 19.5 Å². The van der Waals surface area contributed by atoms with E-state index in [9.17, 15) is 0 Å². The summed E-state index contributed by atoms with van der Waals surface area (Å²) in [6.07, 6.45) is 3.03. The fraction of sp³-hybridized carbons (Fsp3) is 0.414. The molecule has 1 unspecified atom stereocenters. The standard InChI is InChI=1S/C29H36N5O3Si/c1-27(2,3)26(37-38(21-12-8-6-9-13-21)22-14-10-7-11-15-22)29(17-35-28(4,5)36-18-29)16-34-20-33-23-24(30)31-19-32-25(23)34/h6-15,19-20,26H,16-18H2,1-5H3,(H2,30,31,32). The zero-order valence-corrected chi connectivity index (χ0v) is 23.7. The van der Waals surface area contributed by atoms with Crippen LogP contribution >= 0.6 is 0 Å². The van der Waals surface area contributed by atoms with E-state index in [0.29, 0.717) is 36.7 Å². The van der Waals surface area contributed by atoms with Crippen LogP contribution in [0.25, 0.3) is 11.2 Å². The van der Waals surface area contributed by atoms with Gasteiger partial charge in [-0.1, -0.05) is 81.4 Å². The number of imidazole rings is 1. The predicted molar refractivity (Wildman–Crippen MR) is 150 cm³/mol. The van der Waals surface area contributed by atoms with Crippen molar-refractivity contribution in [1.29, 1.82) is 0 Å². The lowest BCUT2D eigenvalue weighted by atomic mass is 9.70. The number of nitrogen functional groups attached to an aromatic ring is 1. The van der Waals surface area contributed by atoms with E-state index in [1.807, 2.05) is 30.5 Å². The summed E-state index contributed by atoms with van der Waals surface area (Å²) in [5.41, 5.74) is 6.61. The van der Waals surface area contributed by atoms with Crippen LogP contribution in [0.2, 0.25) is 0 Å². The number of ether oxygens (including phenoxy) is 2. The minimum absolute atomic E-state index is 0.225. The summed E-state index contributed by atoms with van der Waals surface area (Å²) in [4.78, 5) is 13.1. The van der Waals surface area contributed by atoms with Gasteiger partial charge in [0.15, 0.2) is 17.3 Å². The zero-order chi connectivity index (χ0) is 27.0. The van der Waals surface area contributed by atoms with Crippen molar-refractivity contribution >= 4 is 36.4 Å². The molecule has 1 atom stereocenters. The highest BCUT2D eigenvalue weighted by Gasteiger charge is 2.52. The van der Waals surface area contributed by atoms with Gasteiger partial charge in [0.05, 0.1) is 31.1 Å². The molecule has 0 aliphatic carbocycles. The van der Waals surface area contributed by atoms with E-state index in [0.717, 1.165) is 0 Å². The topological polar surface area (TPSA) is 97.3 Å². The van der Waals surface area contributed by atoms with Crippen LogP contribution in [0.4, 0.5) is 5.82 Å². The second-order valence-corrected chi connectivity index (χ2v) is 13.6. The van der Waals surface area contributed by atoms with Gasteiger partial charge in [0.25, 0.3) is 9.04 Å². The summed E-state index contributed by atoms with van der Waals surface area (Å²) in [7, 11) is -1.60. The third-order valence-corrected chi connectivity index (χ3v) is 9.17. The van der Waals surface area contributed by atoms with Crippen LogP contribution in [-0.4, -0.2) is 53.7 Å². The van der Waals surface area contributed by atoms with Crippen molar-refractivity contribution in [2.45, 2.75) is 53.1 Å². The molecule has 0 bridgehead atoms. The molecule has 4 aromatic rings. The monoisotopic (exact) mass is 530 g/mol. The maximum Gasteiger partial charge on any atom is 0.283 e. The van der Waals surface area contributed by atoms with Crippen molar-refractivity contribution in [3.63, 3.8) is 0 Å². The Balaban J connectivity index is 1.60. The summed E-state index contributed by atoms with van der Waals surface area (Å²) >= 11 is 0. The minimum atomic E-state index is -1.60. The summed E-state index contributed by atoms with van der Waals surface area (Å²) in [6, 6.07) is 21.0. The summed E-state index contributed by atoms with van der Waals surface area (Å²) in [5.74, 6) is -0.315. The highest BCUT2D eigenvalue weighted by Crippen LogP contribution is 2.43. The molecule has 2 N–H and O–H groups in total. The number of rotatable bonds is 7. The lowest BCUT2D eigenvalue weighted by Gasteiger charge is -2.52. The molecule has 0 spiro atoms. The van der Waals surface area contributed by atoms with Gasteiger partial charge >= 0.3 is 0 Å². The molecule has 9 heteroatoms. The van der Waals surface area contributed by atoms with Gasteiger partial charge in [-0.2, -0.15) is 0 Å². The number of fused-ring (bicyclic) bond motifs is 1. The second-order valence-electron chi connectivity index (χ2n) is 11.6. The lowest BCUT2D eigenvalue weighted by Crippen LogP contribution is -2.62. The predicted octanol–water partition coefficient (Wildman–Crippen LogP) is 3.42. The van der Waals surface area contributed by atoms with Crippen molar-refractivity contribution in [2.75, 3.05) is 18.9 Å².